The molecule has 5 atom stereocenters. The first-order valence-corrected chi connectivity index (χ1v) is 7.81. The maximum atomic E-state index is 12.7. The molecule has 0 radical (unpaired) electrons. The van der Waals surface area contributed by atoms with Crippen molar-refractivity contribution >= 4 is 29.2 Å². The highest BCUT2D eigenvalue weighted by Crippen LogP contribution is 2.57. The summed E-state index contributed by atoms with van der Waals surface area (Å²) in [6.07, 6.45) is 1.75. The van der Waals surface area contributed by atoms with Crippen LogP contribution < -0.4 is 10.1 Å². The molecule has 1 heterocycles. The van der Waals surface area contributed by atoms with Crippen LogP contribution >= 0.6 is 11.6 Å². The molecule has 1 saturated heterocycles. The largest absolute Gasteiger partial charge is 0.495 e. The Hall–Kier alpha value is -1.75. The molecule has 116 valence electrons. The molecule has 1 N–H and O–H groups in total. The molecule has 5 nitrogen and oxygen atoms in total. The van der Waals surface area contributed by atoms with Crippen molar-refractivity contribution in [2.24, 2.45) is 23.7 Å². The van der Waals surface area contributed by atoms with Gasteiger partial charge in [0.1, 0.15) is 11.9 Å². The number of esters is 1. The van der Waals surface area contributed by atoms with E-state index in [0.717, 1.165) is 12.8 Å². The van der Waals surface area contributed by atoms with Gasteiger partial charge in [0.05, 0.1) is 24.6 Å². The van der Waals surface area contributed by atoms with Gasteiger partial charge in [-0.1, -0.05) is 11.6 Å². The van der Waals surface area contributed by atoms with E-state index in [4.69, 9.17) is 21.1 Å². The van der Waals surface area contributed by atoms with Crippen LogP contribution in [0.4, 0.5) is 5.69 Å². The van der Waals surface area contributed by atoms with Gasteiger partial charge >= 0.3 is 5.97 Å². The van der Waals surface area contributed by atoms with Gasteiger partial charge in [-0.15, -0.1) is 0 Å². The summed E-state index contributed by atoms with van der Waals surface area (Å²) < 4.78 is 10.6. The van der Waals surface area contributed by atoms with Crippen molar-refractivity contribution in [1.82, 2.24) is 0 Å². The standard InChI is InChI=1S/C16H16ClNO4/c1-21-11-3-2-8(17)6-10(11)18-15(19)13-7-4-9-12(5-7)22-16(20)14(9)13/h2-3,6-7,9,12-14H,4-5H2,1H3,(H,18,19)/t7-,9-,12+,13-,14-/m0/s1. The van der Waals surface area contributed by atoms with E-state index >= 15 is 0 Å². The average Bonchev–Trinajstić information content (AvgIpc) is 3.08. The third-order valence-corrected chi connectivity index (χ3v) is 5.44. The third kappa shape index (κ3) is 1.92. The Balaban J connectivity index is 1.59. The monoisotopic (exact) mass is 321 g/mol. The van der Waals surface area contributed by atoms with Gasteiger partial charge in [-0.05, 0) is 37.0 Å². The number of anilines is 1. The quantitative estimate of drug-likeness (QED) is 0.869. The van der Waals surface area contributed by atoms with Crippen molar-refractivity contribution in [2.75, 3.05) is 12.4 Å². The van der Waals surface area contributed by atoms with E-state index in [0.29, 0.717) is 16.5 Å². The molecule has 0 unspecified atom stereocenters. The number of benzene rings is 1. The maximum absolute atomic E-state index is 12.7. The number of nitrogens with one attached hydrogen (secondary N) is 1. The van der Waals surface area contributed by atoms with Crippen LogP contribution in [0.3, 0.4) is 0 Å². The summed E-state index contributed by atoms with van der Waals surface area (Å²) in [6.45, 7) is 0. The lowest BCUT2D eigenvalue weighted by atomic mass is 9.79. The molecule has 0 spiro atoms. The van der Waals surface area contributed by atoms with E-state index in [1.54, 1.807) is 18.2 Å². The zero-order valence-electron chi connectivity index (χ0n) is 12.0. The maximum Gasteiger partial charge on any atom is 0.310 e. The molecule has 4 rings (SSSR count). The minimum Gasteiger partial charge on any atom is -0.495 e. The number of halogens is 1. The van der Waals surface area contributed by atoms with Gasteiger partial charge < -0.3 is 14.8 Å². The summed E-state index contributed by atoms with van der Waals surface area (Å²) in [6, 6.07) is 5.06. The van der Waals surface area contributed by atoms with Crippen molar-refractivity contribution in [3.63, 3.8) is 0 Å². The van der Waals surface area contributed by atoms with Crippen molar-refractivity contribution in [3.8, 4) is 5.75 Å². The Morgan fingerprint density at radius 2 is 2.23 bits per heavy atom. The molecule has 1 amide bonds. The number of ether oxygens (including phenoxy) is 2. The number of amides is 1. The minimum atomic E-state index is -0.306. The first kappa shape index (κ1) is 13.9. The molecule has 0 aromatic heterocycles. The number of rotatable bonds is 3. The molecule has 1 aromatic rings. The average molecular weight is 322 g/mol. The predicted molar refractivity (Wildman–Crippen MR) is 79.7 cm³/mol. The number of carbonyl (C=O) groups is 2. The fraction of sp³-hybridized carbons (Fsp3) is 0.500. The minimum absolute atomic E-state index is 0.0345. The summed E-state index contributed by atoms with van der Waals surface area (Å²) in [4.78, 5) is 24.7. The van der Waals surface area contributed by atoms with Gasteiger partial charge in [0, 0.05) is 10.9 Å². The fourth-order valence-electron chi connectivity index (χ4n) is 4.36. The number of fused-ring (bicyclic) bond motifs is 1. The molecule has 2 bridgehead atoms. The summed E-state index contributed by atoms with van der Waals surface area (Å²) in [5.41, 5.74) is 0.533. The molecule has 6 heteroatoms. The number of hydrogen-bond acceptors (Lipinski definition) is 4. The SMILES string of the molecule is COc1ccc(Cl)cc1NC(=O)[C@H]1[C@H]2C[C@@H]3[C@@H]1C(=O)O[C@@H]3C2. The van der Waals surface area contributed by atoms with Gasteiger partial charge in [-0.3, -0.25) is 9.59 Å². The second-order valence-electron chi connectivity index (χ2n) is 6.26. The zero-order valence-corrected chi connectivity index (χ0v) is 12.8. The first-order valence-electron chi connectivity index (χ1n) is 7.43. The van der Waals surface area contributed by atoms with Gasteiger partial charge in [0.15, 0.2) is 0 Å². The molecule has 3 aliphatic rings. The normalized spacial score (nSPS) is 34.6. The highest BCUT2D eigenvalue weighted by atomic mass is 35.5. The summed E-state index contributed by atoms with van der Waals surface area (Å²) in [7, 11) is 1.54. The lowest BCUT2D eigenvalue weighted by Gasteiger charge is -2.24. The van der Waals surface area contributed by atoms with Gasteiger partial charge in [0.2, 0.25) is 5.91 Å². The number of carbonyl (C=O) groups excluding carboxylic acids is 2. The van der Waals surface area contributed by atoms with E-state index in [-0.39, 0.29) is 41.7 Å². The van der Waals surface area contributed by atoms with Crippen molar-refractivity contribution < 1.29 is 19.1 Å². The summed E-state index contributed by atoms with van der Waals surface area (Å²) >= 11 is 5.98. The fourth-order valence-corrected chi connectivity index (χ4v) is 4.53. The van der Waals surface area contributed by atoms with Crippen LogP contribution in [0.1, 0.15) is 12.8 Å². The van der Waals surface area contributed by atoms with Crippen molar-refractivity contribution in [1.29, 1.82) is 0 Å². The van der Waals surface area contributed by atoms with Crippen molar-refractivity contribution in [2.45, 2.75) is 18.9 Å². The predicted octanol–water partition coefficient (Wildman–Crippen LogP) is 2.48. The molecule has 2 saturated carbocycles. The molecular formula is C16H16ClNO4. The Morgan fingerprint density at radius 1 is 1.41 bits per heavy atom. The highest BCUT2D eigenvalue weighted by molar-refractivity contribution is 6.31. The van der Waals surface area contributed by atoms with Crippen molar-refractivity contribution in [3.05, 3.63) is 23.2 Å². The van der Waals surface area contributed by atoms with Crippen LogP contribution in [0.2, 0.25) is 5.02 Å². The van der Waals surface area contributed by atoms with E-state index in [1.807, 2.05) is 0 Å². The Kier molecular flexibility index (Phi) is 3.08. The smallest absolute Gasteiger partial charge is 0.310 e. The van der Waals surface area contributed by atoms with Crippen LogP contribution in [0.5, 0.6) is 5.75 Å². The van der Waals surface area contributed by atoms with Crippen LogP contribution in [0.25, 0.3) is 0 Å². The van der Waals surface area contributed by atoms with E-state index in [2.05, 4.69) is 5.32 Å². The van der Waals surface area contributed by atoms with Gasteiger partial charge in [0.25, 0.3) is 0 Å². The Labute approximate surface area is 132 Å². The van der Waals surface area contributed by atoms with Crippen LogP contribution in [0.15, 0.2) is 18.2 Å². The van der Waals surface area contributed by atoms with E-state index in [9.17, 15) is 9.59 Å². The summed E-state index contributed by atoms with van der Waals surface area (Å²) in [5, 5.41) is 3.39. The second kappa shape index (κ2) is 4.88. The number of methoxy groups -OCH3 is 1. The molecule has 1 aromatic carbocycles. The summed E-state index contributed by atoms with van der Waals surface area (Å²) in [5.74, 6) is 0.0522. The van der Waals surface area contributed by atoms with Gasteiger partial charge in [-0.25, -0.2) is 0 Å². The van der Waals surface area contributed by atoms with E-state index < -0.39 is 0 Å². The van der Waals surface area contributed by atoms with Crippen LogP contribution in [-0.2, 0) is 14.3 Å². The molecule has 22 heavy (non-hydrogen) atoms. The van der Waals surface area contributed by atoms with Crippen LogP contribution in [-0.4, -0.2) is 25.1 Å². The third-order valence-electron chi connectivity index (χ3n) is 5.21. The number of hydrogen-bond donors (Lipinski definition) is 1. The molecule has 2 aliphatic carbocycles. The zero-order chi connectivity index (χ0) is 15.4. The topological polar surface area (TPSA) is 64.6 Å². The Morgan fingerprint density at radius 3 is 3.00 bits per heavy atom. The van der Waals surface area contributed by atoms with Gasteiger partial charge in [-0.2, -0.15) is 0 Å². The molecule has 3 fully saturated rings. The Bertz CT molecular complexity index is 660. The first-order chi connectivity index (χ1) is 10.6. The highest BCUT2D eigenvalue weighted by Gasteiger charge is 2.63. The molecule has 1 aliphatic heterocycles. The van der Waals surface area contributed by atoms with Crippen LogP contribution in [0, 0.1) is 23.7 Å². The van der Waals surface area contributed by atoms with E-state index in [1.165, 1.54) is 7.11 Å². The lowest BCUT2D eigenvalue weighted by molar-refractivity contribution is -0.145. The molecular weight excluding hydrogens is 306 g/mol. The second-order valence-corrected chi connectivity index (χ2v) is 6.69. The lowest BCUT2D eigenvalue weighted by Crippen LogP contribution is -2.35.